The molecule has 0 saturated carbocycles. The van der Waals surface area contributed by atoms with E-state index in [4.69, 9.17) is 0 Å². The van der Waals surface area contributed by atoms with Gasteiger partial charge in [0.15, 0.2) is 0 Å². The van der Waals surface area contributed by atoms with Crippen molar-refractivity contribution in [1.82, 2.24) is 4.98 Å². The van der Waals surface area contributed by atoms with Gasteiger partial charge in [0.05, 0.1) is 11.4 Å². The van der Waals surface area contributed by atoms with Crippen LogP contribution in [0.15, 0.2) is 28.2 Å². The fourth-order valence-corrected chi connectivity index (χ4v) is 1.71. The van der Waals surface area contributed by atoms with Crippen LogP contribution in [-0.4, -0.2) is 25.0 Å². The van der Waals surface area contributed by atoms with Gasteiger partial charge >= 0.3 is 0 Å². The molecule has 1 aromatic carbocycles. The minimum Gasteiger partial charge on any atom is -0.352 e. The van der Waals surface area contributed by atoms with Gasteiger partial charge in [-0.15, -0.1) is 0 Å². The molecule has 3 heteroatoms. The van der Waals surface area contributed by atoms with Crippen molar-refractivity contribution in [1.29, 1.82) is 0 Å². The van der Waals surface area contributed by atoms with Gasteiger partial charge in [-0.25, -0.2) is 0 Å². The Morgan fingerprint density at radius 3 is 2.87 bits per heavy atom. The fraction of sp³-hybridized carbons (Fsp3) is 0.167. The van der Waals surface area contributed by atoms with Gasteiger partial charge in [-0.05, 0) is 25.3 Å². The van der Waals surface area contributed by atoms with E-state index in [-0.39, 0.29) is 0 Å². The topological polar surface area (TPSA) is 40.5 Å². The summed E-state index contributed by atoms with van der Waals surface area (Å²) in [5.41, 5.74) is 4.08. The number of fused-ring (bicyclic) bond motifs is 1. The van der Waals surface area contributed by atoms with E-state index < -0.39 is 0 Å². The molecule has 0 spiro atoms. The number of rotatable bonds is 2. The lowest BCUT2D eigenvalue weighted by Gasteiger charge is -1.93. The molecule has 3 nitrogen and oxygen atoms in total. The second-order valence-electron chi connectivity index (χ2n) is 3.48. The molecule has 0 bridgehead atoms. The first-order valence-corrected chi connectivity index (χ1v) is 4.77. The van der Waals surface area contributed by atoms with Crippen molar-refractivity contribution in [3.05, 3.63) is 29.5 Å². The highest BCUT2D eigenvalue weighted by atomic mass is 14.8. The largest absolute Gasteiger partial charge is 0.352 e. The van der Waals surface area contributed by atoms with Crippen molar-refractivity contribution < 1.29 is 0 Å². The van der Waals surface area contributed by atoms with Crippen molar-refractivity contribution in [3.8, 4) is 0 Å². The highest BCUT2D eigenvalue weighted by Crippen LogP contribution is 2.29. The van der Waals surface area contributed by atoms with Crippen molar-refractivity contribution in [2.24, 2.45) is 9.98 Å². The number of aliphatic imine (C=N–C) groups is 2. The van der Waals surface area contributed by atoms with Crippen LogP contribution in [0, 0.1) is 6.92 Å². The van der Waals surface area contributed by atoms with Crippen molar-refractivity contribution in [2.45, 2.75) is 6.92 Å². The second-order valence-corrected chi connectivity index (χ2v) is 3.48. The number of aromatic nitrogens is 1. The van der Waals surface area contributed by atoms with Crippen LogP contribution in [0.5, 0.6) is 0 Å². The Labute approximate surface area is 88.6 Å². The summed E-state index contributed by atoms with van der Waals surface area (Å²) in [6.07, 6.45) is 1.76. The average Bonchev–Trinajstić information content (AvgIpc) is 2.54. The summed E-state index contributed by atoms with van der Waals surface area (Å²) in [6, 6.07) is 6.22. The number of hydrogen-bond donors (Lipinski definition) is 1. The summed E-state index contributed by atoms with van der Waals surface area (Å²) in [4.78, 5) is 11.3. The summed E-state index contributed by atoms with van der Waals surface area (Å²) in [7, 11) is 1.74. The monoisotopic (exact) mass is 199 g/mol. The molecule has 0 unspecified atom stereocenters. The lowest BCUT2D eigenvalue weighted by Crippen LogP contribution is -1.79. The number of H-pyrrole nitrogens is 1. The van der Waals surface area contributed by atoms with Gasteiger partial charge in [0.1, 0.15) is 0 Å². The molecule has 2 aromatic rings. The SMILES string of the molecule is C=Nc1c(C=NC)[nH]c2cc(C)ccc12. The third-order valence-corrected chi connectivity index (χ3v) is 2.37. The predicted molar refractivity (Wildman–Crippen MR) is 65.8 cm³/mol. The summed E-state index contributed by atoms with van der Waals surface area (Å²) >= 11 is 0. The number of benzene rings is 1. The van der Waals surface area contributed by atoms with E-state index in [0.717, 1.165) is 22.3 Å². The summed E-state index contributed by atoms with van der Waals surface area (Å²) in [5.74, 6) is 0. The molecule has 0 radical (unpaired) electrons. The van der Waals surface area contributed by atoms with E-state index in [0.29, 0.717) is 0 Å². The molecule has 0 atom stereocenters. The van der Waals surface area contributed by atoms with Gasteiger partial charge in [-0.2, -0.15) is 0 Å². The van der Waals surface area contributed by atoms with Crippen LogP contribution in [-0.2, 0) is 0 Å². The van der Waals surface area contributed by atoms with Crippen LogP contribution in [0.3, 0.4) is 0 Å². The number of nitrogens with one attached hydrogen (secondary N) is 1. The molecule has 0 aliphatic carbocycles. The van der Waals surface area contributed by atoms with E-state index in [9.17, 15) is 0 Å². The molecule has 0 saturated heterocycles. The minimum atomic E-state index is 0.871. The van der Waals surface area contributed by atoms with Gasteiger partial charge in [0.2, 0.25) is 0 Å². The van der Waals surface area contributed by atoms with Crippen LogP contribution in [0.4, 0.5) is 5.69 Å². The highest BCUT2D eigenvalue weighted by Gasteiger charge is 2.07. The zero-order valence-electron chi connectivity index (χ0n) is 8.91. The Morgan fingerprint density at radius 2 is 2.20 bits per heavy atom. The molecule has 1 heterocycles. The molecule has 2 rings (SSSR count). The molecule has 76 valence electrons. The third kappa shape index (κ3) is 1.56. The molecular formula is C12H13N3. The second kappa shape index (κ2) is 3.69. The number of hydrogen-bond acceptors (Lipinski definition) is 2. The van der Waals surface area contributed by atoms with Crippen LogP contribution in [0.2, 0.25) is 0 Å². The lowest BCUT2D eigenvalue weighted by atomic mass is 10.1. The molecule has 1 aromatic heterocycles. The molecule has 15 heavy (non-hydrogen) atoms. The molecule has 0 aliphatic heterocycles. The highest BCUT2D eigenvalue weighted by molar-refractivity contribution is 6.02. The summed E-state index contributed by atoms with van der Waals surface area (Å²) < 4.78 is 0. The van der Waals surface area contributed by atoms with Gasteiger partial charge in [-0.1, -0.05) is 12.1 Å². The standard InChI is InChI=1S/C12H13N3/c1-8-4-5-9-10(6-8)15-11(7-13-2)12(9)14-3/h4-7,15H,3H2,1-2H3. The smallest absolute Gasteiger partial charge is 0.0966 e. The fourth-order valence-electron chi connectivity index (χ4n) is 1.71. The molecular weight excluding hydrogens is 186 g/mol. The van der Waals surface area contributed by atoms with Crippen molar-refractivity contribution >= 4 is 29.5 Å². The maximum absolute atomic E-state index is 4.03. The predicted octanol–water partition coefficient (Wildman–Crippen LogP) is 2.86. The average molecular weight is 199 g/mol. The Balaban J connectivity index is 2.78. The molecule has 0 amide bonds. The quantitative estimate of drug-likeness (QED) is 0.722. The van der Waals surface area contributed by atoms with E-state index in [1.165, 1.54) is 5.56 Å². The molecule has 0 aliphatic rings. The first-order chi connectivity index (χ1) is 7.26. The summed E-state index contributed by atoms with van der Waals surface area (Å²) in [5, 5.41) is 1.09. The Kier molecular flexibility index (Phi) is 2.37. The first kappa shape index (κ1) is 9.65. The number of aryl methyl sites for hydroxylation is 1. The maximum atomic E-state index is 4.03. The number of aromatic amines is 1. The van der Waals surface area contributed by atoms with Crippen LogP contribution in [0.25, 0.3) is 10.9 Å². The van der Waals surface area contributed by atoms with Crippen molar-refractivity contribution in [2.75, 3.05) is 7.05 Å². The van der Waals surface area contributed by atoms with E-state index >= 15 is 0 Å². The van der Waals surface area contributed by atoms with Crippen LogP contribution >= 0.6 is 0 Å². The van der Waals surface area contributed by atoms with E-state index in [1.807, 2.05) is 0 Å². The van der Waals surface area contributed by atoms with Crippen molar-refractivity contribution in [3.63, 3.8) is 0 Å². The normalized spacial score (nSPS) is 11.3. The maximum Gasteiger partial charge on any atom is 0.0966 e. The van der Waals surface area contributed by atoms with Gasteiger partial charge < -0.3 is 4.98 Å². The summed E-state index contributed by atoms with van der Waals surface area (Å²) in [6.45, 7) is 5.65. The van der Waals surface area contributed by atoms with E-state index in [2.05, 4.69) is 46.8 Å². The Bertz CT molecular complexity index is 535. The van der Waals surface area contributed by atoms with Gasteiger partial charge in [0.25, 0.3) is 0 Å². The van der Waals surface area contributed by atoms with Gasteiger partial charge in [-0.3, -0.25) is 9.98 Å². The Morgan fingerprint density at radius 1 is 1.40 bits per heavy atom. The number of nitrogens with zero attached hydrogens (tertiary/aromatic N) is 2. The Hall–Kier alpha value is -1.90. The molecule has 1 N–H and O–H groups in total. The van der Waals surface area contributed by atoms with Crippen LogP contribution in [0.1, 0.15) is 11.3 Å². The lowest BCUT2D eigenvalue weighted by molar-refractivity contribution is 1.38. The first-order valence-electron chi connectivity index (χ1n) is 4.77. The zero-order valence-corrected chi connectivity index (χ0v) is 8.91. The molecule has 0 fully saturated rings. The minimum absolute atomic E-state index is 0.871. The van der Waals surface area contributed by atoms with E-state index in [1.54, 1.807) is 13.3 Å². The third-order valence-electron chi connectivity index (χ3n) is 2.37. The zero-order chi connectivity index (χ0) is 10.8. The van der Waals surface area contributed by atoms with Gasteiger partial charge in [0, 0.05) is 24.2 Å². The van der Waals surface area contributed by atoms with Crippen LogP contribution < -0.4 is 0 Å².